The van der Waals surface area contributed by atoms with Gasteiger partial charge in [-0.2, -0.15) is 0 Å². The smallest absolute Gasteiger partial charge is 0.221 e. The number of hydrogen-bond acceptors (Lipinski definition) is 2. The van der Waals surface area contributed by atoms with Gasteiger partial charge in [0, 0.05) is 11.5 Å². The molecule has 0 amide bonds. The standard InChI is InChI=1S/C15H19FO2/c1-5-10(3)14(17)13(16)15(18)12-7-6-9(2)8-11(12)4/h6-8,10,13H,5H2,1-4H3. The molecule has 18 heavy (non-hydrogen) atoms. The summed E-state index contributed by atoms with van der Waals surface area (Å²) in [6.07, 6.45) is -1.50. The first-order valence-corrected chi connectivity index (χ1v) is 6.17. The second-order valence-corrected chi connectivity index (χ2v) is 4.76. The molecule has 3 heteroatoms. The van der Waals surface area contributed by atoms with Crippen LogP contribution in [-0.4, -0.2) is 17.7 Å². The Hall–Kier alpha value is -1.51. The van der Waals surface area contributed by atoms with Crippen LogP contribution in [-0.2, 0) is 4.79 Å². The Morgan fingerprint density at radius 1 is 1.28 bits per heavy atom. The third-order valence-electron chi connectivity index (χ3n) is 3.23. The topological polar surface area (TPSA) is 34.1 Å². The highest BCUT2D eigenvalue weighted by Gasteiger charge is 2.30. The Balaban J connectivity index is 2.97. The molecule has 0 aliphatic heterocycles. The van der Waals surface area contributed by atoms with Crippen molar-refractivity contribution in [3.8, 4) is 0 Å². The van der Waals surface area contributed by atoms with Gasteiger partial charge in [0.25, 0.3) is 0 Å². The van der Waals surface area contributed by atoms with Gasteiger partial charge < -0.3 is 0 Å². The highest BCUT2D eigenvalue weighted by Crippen LogP contribution is 2.17. The molecule has 0 spiro atoms. The Morgan fingerprint density at radius 2 is 1.89 bits per heavy atom. The molecule has 0 radical (unpaired) electrons. The number of rotatable bonds is 5. The van der Waals surface area contributed by atoms with Crippen LogP contribution >= 0.6 is 0 Å². The third kappa shape index (κ3) is 3.03. The van der Waals surface area contributed by atoms with Gasteiger partial charge in [-0.25, -0.2) is 4.39 Å². The predicted octanol–water partition coefficient (Wildman–Crippen LogP) is 3.44. The summed E-state index contributed by atoms with van der Waals surface area (Å²) in [6, 6.07) is 5.15. The van der Waals surface area contributed by atoms with Crippen LogP contribution in [0.5, 0.6) is 0 Å². The van der Waals surface area contributed by atoms with Crippen LogP contribution in [0.4, 0.5) is 4.39 Å². The normalized spacial score (nSPS) is 14.1. The summed E-state index contributed by atoms with van der Waals surface area (Å²) in [4.78, 5) is 23.6. The molecular weight excluding hydrogens is 231 g/mol. The number of alkyl halides is 1. The minimum absolute atomic E-state index is 0.296. The Morgan fingerprint density at radius 3 is 2.39 bits per heavy atom. The second-order valence-electron chi connectivity index (χ2n) is 4.76. The van der Waals surface area contributed by atoms with Crippen LogP contribution in [0, 0.1) is 19.8 Å². The van der Waals surface area contributed by atoms with Crippen LogP contribution in [0.2, 0.25) is 0 Å². The van der Waals surface area contributed by atoms with E-state index in [1.807, 2.05) is 13.0 Å². The summed E-state index contributed by atoms with van der Waals surface area (Å²) in [7, 11) is 0. The van der Waals surface area contributed by atoms with Crippen molar-refractivity contribution in [1.82, 2.24) is 0 Å². The van der Waals surface area contributed by atoms with E-state index in [9.17, 15) is 14.0 Å². The largest absolute Gasteiger partial charge is 0.296 e. The first-order chi connectivity index (χ1) is 8.38. The minimum atomic E-state index is -2.04. The van der Waals surface area contributed by atoms with E-state index in [0.717, 1.165) is 5.56 Å². The van der Waals surface area contributed by atoms with Gasteiger partial charge in [0.1, 0.15) is 0 Å². The van der Waals surface area contributed by atoms with Crippen molar-refractivity contribution in [3.05, 3.63) is 34.9 Å². The zero-order valence-electron chi connectivity index (χ0n) is 11.3. The molecule has 0 heterocycles. The molecule has 2 nitrogen and oxygen atoms in total. The zero-order valence-corrected chi connectivity index (χ0v) is 11.3. The average Bonchev–Trinajstić information content (AvgIpc) is 2.35. The molecule has 1 aromatic carbocycles. The van der Waals surface area contributed by atoms with Crippen molar-refractivity contribution in [2.45, 2.75) is 40.3 Å². The summed E-state index contributed by atoms with van der Waals surface area (Å²) in [5.41, 5.74) is 2.01. The maximum atomic E-state index is 13.9. The monoisotopic (exact) mass is 250 g/mol. The fraction of sp³-hybridized carbons (Fsp3) is 0.467. The molecule has 0 saturated carbocycles. The molecule has 0 aromatic heterocycles. The lowest BCUT2D eigenvalue weighted by Crippen LogP contribution is -2.30. The number of aryl methyl sites for hydroxylation is 2. The molecule has 0 aliphatic carbocycles. The lowest BCUT2D eigenvalue weighted by molar-refractivity contribution is -0.125. The van der Waals surface area contributed by atoms with Gasteiger partial charge in [-0.05, 0) is 25.8 Å². The highest BCUT2D eigenvalue weighted by atomic mass is 19.1. The van der Waals surface area contributed by atoms with Crippen LogP contribution in [0.3, 0.4) is 0 Å². The molecule has 1 rings (SSSR count). The van der Waals surface area contributed by atoms with E-state index in [4.69, 9.17) is 0 Å². The highest BCUT2D eigenvalue weighted by molar-refractivity contribution is 6.14. The summed E-state index contributed by atoms with van der Waals surface area (Å²) in [5.74, 6) is -1.77. The van der Waals surface area contributed by atoms with Gasteiger partial charge in [0.2, 0.25) is 12.0 Å². The van der Waals surface area contributed by atoms with Crippen molar-refractivity contribution < 1.29 is 14.0 Å². The molecule has 1 aromatic rings. The molecule has 2 atom stereocenters. The van der Waals surface area contributed by atoms with Gasteiger partial charge in [0.05, 0.1) is 0 Å². The number of halogens is 1. The molecule has 0 saturated heterocycles. The fourth-order valence-electron chi connectivity index (χ4n) is 1.81. The van der Waals surface area contributed by atoms with Gasteiger partial charge in [-0.3, -0.25) is 9.59 Å². The maximum absolute atomic E-state index is 13.9. The summed E-state index contributed by atoms with van der Waals surface area (Å²) in [5, 5.41) is 0. The SMILES string of the molecule is CCC(C)C(=O)C(F)C(=O)c1ccc(C)cc1C. The first kappa shape index (κ1) is 14.6. The van der Waals surface area contributed by atoms with Crippen molar-refractivity contribution >= 4 is 11.6 Å². The van der Waals surface area contributed by atoms with Crippen molar-refractivity contribution in [1.29, 1.82) is 0 Å². The number of carbonyl (C=O) groups is 2. The van der Waals surface area contributed by atoms with E-state index in [1.54, 1.807) is 32.9 Å². The molecule has 98 valence electrons. The summed E-state index contributed by atoms with van der Waals surface area (Å²) < 4.78 is 13.9. The van der Waals surface area contributed by atoms with E-state index >= 15 is 0 Å². The third-order valence-corrected chi connectivity index (χ3v) is 3.23. The maximum Gasteiger partial charge on any atom is 0.221 e. The predicted molar refractivity (Wildman–Crippen MR) is 69.6 cm³/mol. The van der Waals surface area contributed by atoms with E-state index in [0.29, 0.717) is 17.5 Å². The Bertz CT molecular complexity index is 466. The van der Waals surface area contributed by atoms with Crippen molar-refractivity contribution in [3.63, 3.8) is 0 Å². The molecule has 0 bridgehead atoms. The van der Waals surface area contributed by atoms with E-state index in [2.05, 4.69) is 0 Å². The van der Waals surface area contributed by atoms with Gasteiger partial charge in [-0.15, -0.1) is 0 Å². The van der Waals surface area contributed by atoms with Gasteiger partial charge in [-0.1, -0.05) is 37.6 Å². The summed E-state index contributed by atoms with van der Waals surface area (Å²) in [6.45, 7) is 7.10. The quantitative estimate of drug-likeness (QED) is 0.592. The number of benzene rings is 1. The zero-order chi connectivity index (χ0) is 13.9. The average molecular weight is 250 g/mol. The Kier molecular flexibility index (Phi) is 4.76. The molecule has 0 N–H and O–H groups in total. The van der Waals surface area contributed by atoms with Crippen LogP contribution < -0.4 is 0 Å². The molecule has 2 unspecified atom stereocenters. The van der Waals surface area contributed by atoms with E-state index < -0.39 is 23.7 Å². The number of carbonyl (C=O) groups excluding carboxylic acids is 2. The van der Waals surface area contributed by atoms with Crippen LogP contribution in [0.15, 0.2) is 18.2 Å². The van der Waals surface area contributed by atoms with Crippen LogP contribution in [0.1, 0.15) is 41.8 Å². The second kappa shape index (κ2) is 5.89. The Labute approximate surface area is 107 Å². The molecule has 0 fully saturated rings. The molecule has 0 aliphatic rings. The number of Topliss-reactive ketones (excluding diaryl/α,β-unsaturated/α-hetero) is 2. The van der Waals surface area contributed by atoms with Crippen molar-refractivity contribution in [2.75, 3.05) is 0 Å². The van der Waals surface area contributed by atoms with Crippen molar-refractivity contribution in [2.24, 2.45) is 5.92 Å². The number of hydrogen-bond donors (Lipinski definition) is 0. The van der Waals surface area contributed by atoms with E-state index in [1.165, 1.54) is 0 Å². The van der Waals surface area contributed by atoms with Crippen LogP contribution in [0.25, 0.3) is 0 Å². The van der Waals surface area contributed by atoms with Gasteiger partial charge in [0.15, 0.2) is 5.78 Å². The fourth-order valence-corrected chi connectivity index (χ4v) is 1.81. The minimum Gasteiger partial charge on any atom is -0.296 e. The lowest BCUT2D eigenvalue weighted by atomic mass is 9.93. The summed E-state index contributed by atoms with van der Waals surface area (Å²) >= 11 is 0. The number of ketones is 2. The first-order valence-electron chi connectivity index (χ1n) is 6.17. The lowest BCUT2D eigenvalue weighted by Gasteiger charge is -2.12. The van der Waals surface area contributed by atoms with E-state index in [-0.39, 0.29) is 0 Å². The van der Waals surface area contributed by atoms with Gasteiger partial charge >= 0.3 is 0 Å². The molecular formula is C15H19FO2.